The van der Waals surface area contributed by atoms with Crippen LogP contribution in [0, 0.1) is 0 Å². The van der Waals surface area contributed by atoms with Crippen LogP contribution in [0.5, 0.6) is 5.75 Å². The van der Waals surface area contributed by atoms with E-state index in [0.29, 0.717) is 5.02 Å². The molecule has 1 unspecified atom stereocenters. The average Bonchev–Trinajstić information content (AvgIpc) is 2.45. The maximum Gasteiger partial charge on any atom is 0.142 e. The summed E-state index contributed by atoms with van der Waals surface area (Å²) < 4.78 is 5.37. The first kappa shape index (κ1) is 14.7. The second-order valence-electron chi connectivity index (χ2n) is 4.61. The van der Waals surface area contributed by atoms with Crippen molar-refractivity contribution in [2.45, 2.75) is 13.0 Å². The number of anilines is 2. The minimum atomic E-state index is -0.576. The highest BCUT2D eigenvalue weighted by Gasteiger charge is 2.12. The van der Waals surface area contributed by atoms with E-state index in [2.05, 4.69) is 0 Å². The molecule has 0 amide bonds. The maximum atomic E-state index is 9.62. The lowest BCUT2D eigenvalue weighted by Gasteiger charge is -2.22. The van der Waals surface area contributed by atoms with Gasteiger partial charge in [-0.15, -0.1) is 0 Å². The van der Waals surface area contributed by atoms with Crippen molar-refractivity contribution < 1.29 is 9.84 Å². The molecule has 0 saturated carbocycles. The Morgan fingerprint density at radius 3 is 2.50 bits per heavy atom. The number of para-hydroxylation sites is 2. The highest BCUT2D eigenvalue weighted by Crippen LogP contribution is 2.34. The molecule has 0 aliphatic carbocycles. The van der Waals surface area contributed by atoms with E-state index in [-0.39, 0.29) is 0 Å². The van der Waals surface area contributed by atoms with Crippen molar-refractivity contribution in [2.75, 3.05) is 19.1 Å². The summed E-state index contributed by atoms with van der Waals surface area (Å²) in [5.41, 5.74) is 2.61. The minimum absolute atomic E-state index is 0.555. The Hall–Kier alpha value is -1.71. The Morgan fingerprint density at radius 2 is 1.90 bits per heavy atom. The number of methoxy groups -OCH3 is 1. The van der Waals surface area contributed by atoms with Crippen molar-refractivity contribution in [3.05, 3.63) is 53.1 Å². The summed E-state index contributed by atoms with van der Waals surface area (Å²) in [5.74, 6) is 0.797. The number of aliphatic hydroxyl groups is 1. The quantitative estimate of drug-likeness (QED) is 0.918. The number of benzene rings is 2. The van der Waals surface area contributed by atoms with E-state index >= 15 is 0 Å². The second-order valence-corrected chi connectivity index (χ2v) is 5.02. The van der Waals surface area contributed by atoms with E-state index in [1.54, 1.807) is 14.0 Å². The largest absolute Gasteiger partial charge is 0.495 e. The zero-order valence-corrected chi connectivity index (χ0v) is 12.6. The van der Waals surface area contributed by atoms with Crippen molar-refractivity contribution in [1.82, 2.24) is 0 Å². The molecule has 2 aromatic carbocycles. The normalized spacial score (nSPS) is 12.1. The maximum absolute atomic E-state index is 9.62. The van der Waals surface area contributed by atoms with Gasteiger partial charge in [-0.2, -0.15) is 0 Å². The van der Waals surface area contributed by atoms with Crippen molar-refractivity contribution in [3.8, 4) is 5.75 Å². The zero-order valence-electron chi connectivity index (χ0n) is 11.8. The van der Waals surface area contributed by atoms with E-state index < -0.39 is 6.10 Å². The monoisotopic (exact) mass is 291 g/mol. The van der Waals surface area contributed by atoms with E-state index in [0.717, 1.165) is 22.7 Å². The lowest BCUT2D eigenvalue weighted by atomic mass is 10.1. The van der Waals surface area contributed by atoms with Gasteiger partial charge in [-0.25, -0.2) is 0 Å². The predicted molar refractivity (Wildman–Crippen MR) is 83.1 cm³/mol. The Bertz CT molecular complexity index is 599. The van der Waals surface area contributed by atoms with Crippen LogP contribution in [0.3, 0.4) is 0 Å². The summed E-state index contributed by atoms with van der Waals surface area (Å²) in [6.07, 6.45) is -0.576. The molecule has 2 aromatic rings. The van der Waals surface area contributed by atoms with Crippen molar-refractivity contribution in [1.29, 1.82) is 0 Å². The van der Waals surface area contributed by atoms with E-state index in [9.17, 15) is 5.11 Å². The molecule has 4 heteroatoms. The second kappa shape index (κ2) is 6.16. The molecule has 0 radical (unpaired) electrons. The van der Waals surface area contributed by atoms with Gasteiger partial charge < -0.3 is 14.7 Å². The van der Waals surface area contributed by atoms with Gasteiger partial charge in [0.15, 0.2) is 0 Å². The number of rotatable bonds is 4. The third-order valence-corrected chi connectivity index (χ3v) is 3.60. The van der Waals surface area contributed by atoms with Crippen LogP contribution >= 0.6 is 11.6 Å². The molecule has 0 fully saturated rings. The van der Waals surface area contributed by atoms with Gasteiger partial charge in [0.25, 0.3) is 0 Å². The molecule has 0 bridgehead atoms. The summed E-state index contributed by atoms with van der Waals surface area (Å²) in [5, 5.41) is 10.2. The highest BCUT2D eigenvalue weighted by molar-refractivity contribution is 6.31. The first-order chi connectivity index (χ1) is 9.54. The smallest absolute Gasteiger partial charge is 0.142 e. The van der Waals surface area contributed by atoms with Crippen LogP contribution in [0.25, 0.3) is 0 Å². The number of hydrogen-bond donors (Lipinski definition) is 1. The predicted octanol–water partition coefficient (Wildman–Crippen LogP) is 4.17. The van der Waals surface area contributed by atoms with E-state index in [1.165, 1.54) is 0 Å². The lowest BCUT2D eigenvalue weighted by molar-refractivity contribution is 0.199. The minimum Gasteiger partial charge on any atom is -0.495 e. The average molecular weight is 292 g/mol. The molecular formula is C16H18ClNO2. The van der Waals surface area contributed by atoms with Crippen LogP contribution in [-0.4, -0.2) is 19.3 Å². The number of hydrogen-bond acceptors (Lipinski definition) is 3. The Kier molecular flexibility index (Phi) is 4.53. The fourth-order valence-corrected chi connectivity index (χ4v) is 2.44. The van der Waals surface area contributed by atoms with Crippen LogP contribution < -0.4 is 9.64 Å². The molecule has 106 valence electrons. The lowest BCUT2D eigenvalue weighted by Crippen LogP contribution is -2.11. The number of nitrogens with zero attached hydrogens (tertiary/aromatic N) is 1. The van der Waals surface area contributed by atoms with Crippen molar-refractivity contribution >= 4 is 23.0 Å². The molecule has 20 heavy (non-hydrogen) atoms. The molecule has 0 heterocycles. The molecule has 1 N–H and O–H groups in total. The molecule has 3 nitrogen and oxygen atoms in total. The molecular weight excluding hydrogens is 274 g/mol. The van der Waals surface area contributed by atoms with Gasteiger partial charge in [-0.05, 0) is 36.8 Å². The van der Waals surface area contributed by atoms with Crippen LogP contribution in [0.4, 0.5) is 11.4 Å². The third-order valence-electron chi connectivity index (χ3n) is 3.27. The Balaban J connectivity index is 2.38. The van der Waals surface area contributed by atoms with Crippen LogP contribution in [-0.2, 0) is 0 Å². The van der Waals surface area contributed by atoms with Gasteiger partial charge in [0.2, 0.25) is 0 Å². The van der Waals surface area contributed by atoms with Gasteiger partial charge in [0.05, 0.1) is 18.9 Å². The van der Waals surface area contributed by atoms with E-state index in [4.69, 9.17) is 16.3 Å². The fourth-order valence-electron chi connectivity index (χ4n) is 2.11. The molecule has 0 saturated heterocycles. The van der Waals surface area contributed by atoms with Gasteiger partial charge in [-0.3, -0.25) is 0 Å². The Labute approximate surface area is 124 Å². The SMILES string of the molecule is COc1ccccc1N(C)c1ccc(C(C)O)c(Cl)c1. The number of aliphatic hydroxyl groups excluding tert-OH is 1. The summed E-state index contributed by atoms with van der Waals surface area (Å²) in [7, 11) is 3.60. The molecule has 0 aliphatic heterocycles. The van der Waals surface area contributed by atoms with Gasteiger partial charge >= 0.3 is 0 Å². The third kappa shape index (κ3) is 2.89. The van der Waals surface area contributed by atoms with Crippen LogP contribution in [0.1, 0.15) is 18.6 Å². The first-order valence-corrected chi connectivity index (χ1v) is 6.76. The topological polar surface area (TPSA) is 32.7 Å². The molecule has 0 aliphatic rings. The van der Waals surface area contributed by atoms with Crippen LogP contribution in [0.15, 0.2) is 42.5 Å². The first-order valence-electron chi connectivity index (χ1n) is 6.39. The van der Waals surface area contributed by atoms with Gasteiger partial charge in [0, 0.05) is 17.8 Å². The summed E-state index contributed by atoms with van der Waals surface area (Å²) in [6, 6.07) is 13.4. The van der Waals surface area contributed by atoms with Crippen LogP contribution in [0.2, 0.25) is 5.02 Å². The summed E-state index contributed by atoms with van der Waals surface area (Å²) >= 11 is 6.21. The number of ether oxygens (including phenoxy) is 1. The number of halogens is 1. The summed E-state index contributed by atoms with van der Waals surface area (Å²) in [4.78, 5) is 2.00. The van der Waals surface area contributed by atoms with Crippen molar-refractivity contribution in [3.63, 3.8) is 0 Å². The molecule has 1 atom stereocenters. The van der Waals surface area contributed by atoms with Crippen molar-refractivity contribution in [2.24, 2.45) is 0 Å². The highest BCUT2D eigenvalue weighted by atomic mass is 35.5. The molecule has 2 rings (SSSR count). The fraction of sp³-hybridized carbons (Fsp3) is 0.250. The molecule has 0 spiro atoms. The van der Waals surface area contributed by atoms with E-state index in [1.807, 2.05) is 54.4 Å². The molecule has 0 aromatic heterocycles. The zero-order chi connectivity index (χ0) is 14.7. The standard InChI is InChI=1S/C16H18ClNO2/c1-11(19)13-9-8-12(10-14(13)17)18(2)15-6-4-5-7-16(15)20-3/h4-11,19H,1-3H3. The Morgan fingerprint density at radius 1 is 1.20 bits per heavy atom. The summed E-state index contributed by atoms with van der Waals surface area (Å²) in [6.45, 7) is 1.70. The van der Waals surface area contributed by atoms with Gasteiger partial charge in [-0.1, -0.05) is 29.8 Å². The van der Waals surface area contributed by atoms with Gasteiger partial charge in [0.1, 0.15) is 5.75 Å².